The highest BCUT2D eigenvalue weighted by atomic mass is 15.1. The van der Waals surface area contributed by atoms with Crippen LogP contribution in [0.2, 0.25) is 0 Å². The fraction of sp³-hybridized carbons (Fsp3) is 0.533. The van der Waals surface area contributed by atoms with E-state index in [0.29, 0.717) is 6.04 Å². The van der Waals surface area contributed by atoms with Crippen LogP contribution in [0.5, 0.6) is 0 Å². The third kappa shape index (κ3) is 2.33. The predicted octanol–water partition coefficient (Wildman–Crippen LogP) is 1.79. The molecule has 2 aliphatic rings. The Morgan fingerprint density at radius 2 is 2.00 bits per heavy atom. The van der Waals surface area contributed by atoms with Crippen LogP contribution in [-0.4, -0.2) is 25.6 Å². The quantitative estimate of drug-likeness (QED) is 0.919. The van der Waals surface area contributed by atoms with Gasteiger partial charge in [0.2, 0.25) is 0 Å². The van der Waals surface area contributed by atoms with Crippen molar-refractivity contribution in [2.45, 2.75) is 51.1 Å². The molecule has 0 aromatic carbocycles. The summed E-state index contributed by atoms with van der Waals surface area (Å²) in [6.45, 7) is 0.819. The van der Waals surface area contributed by atoms with E-state index in [-0.39, 0.29) is 0 Å². The van der Waals surface area contributed by atoms with Crippen LogP contribution in [0.25, 0.3) is 5.82 Å². The van der Waals surface area contributed by atoms with Gasteiger partial charge in [-0.25, -0.2) is 9.97 Å². The Labute approximate surface area is 118 Å². The first kappa shape index (κ1) is 12.0. The van der Waals surface area contributed by atoms with Gasteiger partial charge in [0.25, 0.3) is 0 Å². The van der Waals surface area contributed by atoms with Crippen LogP contribution in [-0.2, 0) is 19.4 Å². The van der Waals surface area contributed by atoms with Gasteiger partial charge in [0, 0.05) is 18.3 Å². The number of imidazole rings is 1. The molecule has 0 bridgehead atoms. The van der Waals surface area contributed by atoms with Gasteiger partial charge in [-0.2, -0.15) is 0 Å². The zero-order valence-electron chi connectivity index (χ0n) is 11.5. The van der Waals surface area contributed by atoms with Gasteiger partial charge in [-0.05, 0) is 38.5 Å². The van der Waals surface area contributed by atoms with Crippen molar-refractivity contribution in [2.75, 3.05) is 0 Å². The molecule has 5 heteroatoms. The Bertz CT molecular complexity index is 597. The van der Waals surface area contributed by atoms with Gasteiger partial charge < -0.3 is 5.32 Å². The topological polar surface area (TPSA) is 55.6 Å². The first-order valence-electron chi connectivity index (χ1n) is 7.50. The summed E-state index contributed by atoms with van der Waals surface area (Å²) in [5.41, 5.74) is 3.56. The molecule has 0 spiro atoms. The number of fused-ring (bicyclic) bond motifs is 1. The molecule has 0 unspecified atom stereocenters. The van der Waals surface area contributed by atoms with Crippen molar-refractivity contribution in [1.29, 1.82) is 0 Å². The van der Waals surface area contributed by atoms with E-state index in [2.05, 4.69) is 24.8 Å². The van der Waals surface area contributed by atoms with Gasteiger partial charge >= 0.3 is 0 Å². The molecule has 2 aromatic rings. The van der Waals surface area contributed by atoms with Crippen molar-refractivity contribution in [3.05, 3.63) is 35.8 Å². The molecule has 2 aromatic heterocycles. The van der Waals surface area contributed by atoms with E-state index in [1.807, 2.05) is 18.7 Å². The van der Waals surface area contributed by atoms with Crippen LogP contribution in [0.4, 0.5) is 0 Å². The zero-order chi connectivity index (χ0) is 13.4. The molecule has 1 N–H and O–H groups in total. The number of nitrogens with zero attached hydrogens (tertiary/aromatic N) is 4. The number of aryl methyl sites for hydroxylation is 1. The summed E-state index contributed by atoms with van der Waals surface area (Å²) >= 11 is 0. The molecular weight excluding hydrogens is 250 g/mol. The molecular formula is C15H19N5. The van der Waals surface area contributed by atoms with Gasteiger partial charge in [-0.1, -0.05) is 0 Å². The lowest BCUT2D eigenvalue weighted by atomic mass is 10.0. The Balaban J connectivity index is 1.54. The largest absolute Gasteiger partial charge is 0.308 e. The lowest BCUT2D eigenvalue weighted by molar-refractivity contribution is 0.651. The van der Waals surface area contributed by atoms with Gasteiger partial charge in [0.05, 0.1) is 23.8 Å². The smallest absolute Gasteiger partial charge is 0.156 e. The van der Waals surface area contributed by atoms with Crippen molar-refractivity contribution in [1.82, 2.24) is 24.8 Å². The van der Waals surface area contributed by atoms with Crippen molar-refractivity contribution < 1.29 is 0 Å². The maximum absolute atomic E-state index is 4.55. The van der Waals surface area contributed by atoms with E-state index in [0.717, 1.165) is 30.9 Å². The van der Waals surface area contributed by atoms with Crippen LogP contribution >= 0.6 is 0 Å². The third-order valence-electron chi connectivity index (χ3n) is 4.12. The van der Waals surface area contributed by atoms with E-state index in [4.69, 9.17) is 0 Å². The standard InChI is InChI=1S/C15H19N5/c1-2-4-14-13(3-1)19-10-20(14)15-9-17-12(8-18-15)7-16-11-5-6-11/h8-11,16H,1-7H2. The van der Waals surface area contributed by atoms with E-state index >= 15 is 0 Å². The van der Waals surface area contributed by atoms with Crippen LogP contribution in [0.3, 0.4) is 0 Å². The summed E-state index contributed by atoms with van der Waals surface area (Å²) in [6.07, 6.45) is 12.9. The number of hydrogen-bond acceptors (Lipinski definition) is 4. The average Bonchev–Trinajstić information content (AvgIpc) is 3.23. The fourth-order valence-corrected chi connectivity index (χ4v) is 2.77. The molecule has 0 saturated heterocycles. The second kappa shape index (κ2) is 4.98. The SMILES string of the molecule is c1nc(-n2cnc3c2CCCC3)cnc1CNC1CC1. The van der Waals surface area contributed by atoms with E-state index < -0.39 is 0 Å². The molecule has 20 heavy (non-hydrogen) atoms. The Kier molecular flexibility index (Phi) is 2.99. The monoisotopic (exact) mass is 269 g/mol. The Morgan fingerprint density at radius 3 is 2.80 bits per heavy atom. The minimum atomic E-state index is 0.706. The number of rotatable bonds is 4. The molecule has 4 rings (SSSR count). The molecule has 5 nitrogen and oxygen atoms in total. The minimum Gasteiger partial charge on any atom is -0.308 e. The first-order valence-corrected chi connectivity index (χ1v) is 7.50. The predicted molar refractivity (Wildman–Crippen MR) is 75.7 cm³/mol. The first-order chi connectivity index (χ1) is 9.90. The summed E-state index contributed by atoms with van der Waals surface area (Å²) in [5, 5.41) is 3.46. The molecule has 1 fully saturated rings. The Hall–Kier alpha value is -1.75. The normalized spacial score (nSPS) is 18.0. The van der Waals surface area contributed by atoms with Crippen molar-refractivity contribution in [2.24, 2.45) is 0 Å². The number of hydrogen-bond donors (Lipinski definition) is 1. The molecule has 0 atom stereocenters. The second-order valence-electron chi connectivity index (χ2n) is 5.74. The highest BCUT2D eigenvalue weighted by Gasteiger charge is 2.20. The van der Waals surface area contributed by atoms with Crippen LogP contribution in [0.1, 0.15) is 42.8 Å². The summed E-state index contributed by atoms with van der Waals surface area (Å²) < 4.78 is 2.10. The fourth-order valence-electron chi connectivity index (χ4n) is 2.77. The lowest BCUT2D eigenvalue weighted by Crippen LogP contribution is -2.16. The summed E-state index contributed by atoms with van der Waals surface area (Å²) in [7, 11) is 0. The zero-order valence-corrected chi connectivity index (χ0v) is 11.5. The lowest BCUT2D eigenvalue weighted by Gasteiger charge is -2.13. The van der Waals surface area contributed by atoms with Crippen LogP contribution in [0.15, 0.2) is 18.7 Å². The Morgan fingerprint density at radius 1 is 1.10 bits per heavy atom. The van der Waals surface area contributed by atoms with Crippen molar-refractivity contribution in [3.63, 3.8) is 0 Å². The second-order valence-corrected chi connectivity index (χ2v) is 5.74. The van der Waals surface area contributed by atoms with Crippen molar-refractivity contribution >= 4 is 0 Å². The van der Waals surface area contributed by atoms with Crippen LogP contribution in [0, 0.1) is 0 Å². The van der Waals surface area contributed by atoms with E-state index in [1.165, 1.54) is 37.1 Å². The van der Waals surface area contributed by atoms with Gasteiger partial charge in [0.15, 0.2) is 5.82 Å². The summed E-state index contributed by atoms with van der Waals surface area (Å²) in [5.74, 6) is 0.885. The minimum absolute atomic E-state index is 0.706. The number of aromatic nitrogens is 4. The van der Waals surface area contributed by atoms with Crippen LogP contribution < -0.4 is 5.32 Å². The molecule has 2 aliphatic carbocycles. The molecule has 2 heterocycles. The molecule has 0 amide bonds. The van der Waals surface area contributed by atoms with Crippen molar-refractivity contribution in [3.8, 4) is 5.82 Å². The van der Waals surface area contributed by atoms with Gasteiger partial charge in [-0.3, -0.25) is 9.55 Å². The molecule has 1 saturated carbocycles. The molecule has 0 radical (unpaired) electrons. The van der Waals surface area contributed by atoms with Gasteiger partial charge in [-0.15, -0.1) is 0 Å². The summed E-state index contributed by atoms with van der Waals surface area (Å²) in [4.78, 5) is 13.6. The maximum atomic E-state index is 4.55. The third-order valence-corrected chi connectivity index (χ3v) is 4.12. The molecule has 104 valence electrons. The average molecular weight is 269 g/mol. The number of nitrogens with one attached hydrogen (secondary N) is 1. The highest BCUT2D eigenvalue weighted by molar-refractivity contribution is 5.28. The van der Waals surface area contributed by atoms with E-state index in [9.17, 15) is 0 Å². The molecule has 0 aliphatic heterocycles. The van der Waals surface area contributed by atoms with Gasteiger partial charge in [0.1, 0.15) is 6.33 Å². The summed E-state index contributed by atoms with van der Waals surface area (Å²) in [6, 6.07) is 0.706. The maximum Gasteiger partial charge on any atom is 0.156 e. The van der Waals surface area contributed by atoms with E-state index in [1.54, 1.807) is 0 Å². The highest BCUT2D eigenvalue weighted by Crippen LogP contribution is 2.22.